The molecule has 1 N–H and O–H groups in total. The first-order valence-corrected chi connectivity index (χ1v) is 6.65. The Kier molecular flexibility index (Phi) is 4.87. The van der Waals surface area contributed by atoms with Crippen LogP contribution in [0.15, 0.2) is 18.3 Å². The first-order valence-electron chi connectivity index (χ1n) is 6.65. The van der Waals surface area contributed by atoms with E-state index in [4.69, 9.17) is 0 Å². The minimum atomic E-state index is -0.349. The standard InChI is InChI=1S/C14H21N3O2/c1-17(13-5-6-13)8-7-15-10-12-4-3-11(9-16-12)14(18)19-2/h3-4,9,13,15H,5-8,10H2,1-2H3. The second kappa shape index (κ2) is 6.63. The number of aromatic nitrogens is 1. The summed E-state index contributed by atoms with van der Waals surface area (Å²) in [5.74, 6) is -0.349. The van der Waals surface area contributed by atoms with Crippen LogP contribution in [-0.4, -0.2) is 49.1 Å². The molecule has 2 rings (SSSR count). The number of nitrogens with zero attached hydrogens (tertiary/aromatic N) is 2. The number of hydrogen-bond acceptors (Lipinski definition) is 5. The van der Waals surface area contributed by atoms with Gasteiger partial charge in [0.15, 0.2) is 0 Å². The van der Waals surface area contributed by atoms with E-state index >= 15 is 0 Å². The average Bonchev–Trinajstić information content (AvgIpc) is 3.27. The van der Waals surface area contributed by atoms with Crippen LogP contribution in [-0.2, 0) is 11.3 Å². The van der Waals surface area contributed by atoms with Gasteiger partial charge in [-0.05, 0) is 32.0 Å². The maximum atomic E-state index is 11.2. The smallest absolute Gasteiger partial charge is 0.339 e. The summed E-state index contributed by atoms with van der Waals surface area (Å²) in [6.07, 6.45) is 4.24. The monoisotopic (exact) mass is 263 g/mol. The van der Waals surface area contributed by atoms with Crippen molar-refractivity contribution in [2.24, 2.45) is 0 Å². The van der Waals surface area contributed by atoms with E-state index in [-0.39, 0.29) is 5.97 Å². The van der Waals surface area contributed by atoms with Crippen LogP contribution in [0.1, 0.15) is 28.9 Å². The summed E-state index contributed by atoms with van der Waals surface area (Å²) in [5.41, 5.74) is 1.42. The van der Waals surface area contributed by atoms with Crippen LogP contribution in [0, 0.1) is 0 Å². The van der Waals surface area contributed by atoms with Crippen molar-refractivity contribution < 1.29 is 9.53 Å². The number of methoxy groups -OCH3 is 1. The molecule has 1 heterocycles. The van der Waals surface area contributed by atoms with E-state index in [0.717, 1.165) is 31.4 Å². The molecule has 0 saturated heterocycles. The minimum Gasteiger partial charge on any atom is -0.465 e. The Morgan fingerprint density at radius 1 is 1.53 bits per heavy atom. The van der Waals surface area contributed by atoms with Gasteiger partial charge in [0.1, 0.15) is 0 Å². The highest BCUT2D eigenvalue weighted by atomic mass is 16.5. The summed E-state index contributed by atoms with van der Waals surface area (Å²) in [4.78, 5) is 17.9. The molecule has 0 aliphatic heterocycles. The molecule has 1 aromatic rings. The molecule has 19 heavy (non-hydrogen) atoms. The van der Waals surface area contributed by atoms with Gasteiger partial charge in [-0.15, -0.1) is 0 Å². The molecule has 1 saturated carbocycles. The number of pyridine rings is 1. The Morgan fingerprint density at radius 3 is 2.89 bits per heavy atom. The molecule has 0 aromatic carbocycles. The molecule has 1 aliphatic rings. The zero-order chi connectivity index (χ0) is 13.7. The average molecular weight is 263 g/mol. The first kappa shape index (κ1) is 14.0. The van der Waals surface area contributed by atoms with Crippen molar-refractivity contribution in [3.05, 3.63) is 29.6 Å². The molecule has 1 fully saturated rings. The van der Waals surface area contributed by atoms with Crippen LogP contribution in [0.25, 0.3) is 0 Å². The fraction of sp³-hybridized carbons (Fsp3) is 0.571. The molecular weight excluding hydrogens is 242 g/mol. The first-order chi connectivity index (χ1) is 9.20. The number of rotatable bonds is 7. The van der Waals surface area contributed by atoms with Gasteiger partial charge in [0.05, 0.1) is 18.4 Å². The highest BCUT2D eigenvalue weighted by Crippen LogP contribution is 2.24. The molecule has 0 spiro atoms. The quantitative estimate of drug-likeness (QED) is 0.589. The highest BCUT2D eigenvalue weighted by Gasteiger charge is 2.25. The lowest BCUT2D eigenvalue weighted by Gasteiger charge is -2.15. The minimum absolute atomic E-state index is 0.349. The molecule has 0 unspecified atom stereocenters. The van der Waals surface area contributed by atoms with Crippen LogP contribution in [0.3, 0.4) is 0 Å². The van der Waals surface area contributed by atoms with E-state index in [2.05, 4.69) is 27.0 Å². The number of carbonyl (C=O) groups excluding carboxylic acids is 1. The van der Waals surface area contributed by atoms with E-state index < -0.39 is 0 Å². The summed E-state index contributed by atoms with van der Waals surface area (Å²) in [6.45, 7) is 2.73. The number of carbonyl (C=O) groups is 1. The fourth-order valence-electron chi connectivity index (χ4n) is 1.94. The maximum absolute atomic E-state index is 11.2. The van der Waals surface area contributed by atoms with E-state index in [9.17, 15) is 4.79 Å². The van der Waals surface area contributed by atoms with Crippen molar-refractivity contribution in [1.82, 2.24) is 15.2 Å². The Hall–Kier alpha value is -1.46. The van der Waals surface area contributed by atoms with Crippen LogP contribution in [0.4, 0.5) is 0 Å². The number of nitrogens with one attached hydrogen (secondary N) is 1. The lowest BCUT2D eigenvalue weighted by atomic mass is 10.2. The summed E-state index contributed by atoms with van der Waals surface area (Å²) in [5, 5.41) is 3.36. The Bertz CT molecular complexity index is 415. The number of esters is 1. The lowest BCUT2D eigenvalue weighted by molar-refractivity contribution is 0.0600. The normalized spacial score (nSPS) is 14.7. The van der Waals surface area contributed by atoms with Crippen LogP contribution >= 0.6 is 0 Å². The van der Waals surface area contributed by atoms with Gasteiger partial charge >= 0.3 is 5.97 Å². The van der Waals surface area contributed by atoms with Crippen molar-refractivity contribution in [2.75, 3.05) is 27.2 Å². The van der Waals surface area contributed by atoms with Gasteiger partial charge in [-0.3, -0.25) is 4.98 Å². The third-order valence-electron chi connectivity index (χ3n) is 3.36. The molecule has 1 aromatic heterocycles. The summed E-state index contributed by atoms with van der Waals surface area (Å²) in [6, 6.07) is 4.40. The molecule has 0 atom stereocenters. The van der Waals surface area contributed by atoms with E-state index in [1.54, 1.807) is 12.3 Å². The van der Waals surface area contributed by atoms with E-state index in [1.165, 1.54) is 20.0 Å². The SMILES string of the molecule is COC(=O)c1ccc(CNCCN(C)C2CC2)nc1. The summed E-state index contributed by atoms with van der Waals surface area (Å²) < 4.78 is 4.63. The number of ether oxygens (including phenoxy) is 1. The molecular formula is C14H21N3O2. The third-order valence-corrected chi connectivity index (χ3v) is 3.36. The van der Waals surface area contributed by atoms with Crippen molar-refractivity contribution in [2.45, 2.75) is 25.4 Å². The Morgan fingerprint density at radius 2 is 2.32 bits per heavy atom. The molecule has 5 nitrogen and oxygen atoms in total. The topological polar surface area (TPSA) is 54.5 Å². The number of likely N-dealkylation sites (N-methyl/N-ethyl adjacent to an activating group) is 1. The maximum Gasteiger partial charge on any atom is 0.339 e. The zero-order valence-corrected chi connectivity index (χ0v) is 11.6. The van der Waals surface area contributed by atoms with Crippen molar-refractivity contribution in [3.8, 4) is 0 Å². The van der Waals surface area contributed by atoms with Crippen molar-refractivity contribution >= 4 is 5.97 Å². The second-order valence-electron chi connectivity index (χ2n) is 4.92. The van der Waals surface area contributed by atoms with Crippen LogP contribution < -0.4 is 5.32 Å². The number of hydrogen-bond donors (Lipinski definition) is 1. The molecule has 1 aliphatic carbocycles. The van der Waals surface area contributed by atoms with Gasteiger partial charge in [0.25, 0.3) is 0 Å². The van der Waals surface area contributed by atoms with Gasteiger partial charge in [-0.1, -0.05) is 0 Å². The Labute approximate surface area is 114 Å². The molecule has 0 bridgehead atoms. The van der Waals surface area contributed by atoms with E-state index in [1.807, 2.05) is 6.07 Å². The summed E-state index contributed by atoms with van der Waals surface area (Å²) in [7, 11) is 3.54. The van der Waals surface area contributed by atoms with Crippen molar-refractivity contribution in [3.63, 3.8) is 0 Å². The van der Waals surface area contributed by atoms with Gasteiger partial charge in [-0.25, -0.2) is 4.79 Å². The van der Waals surface area contributed by atoms with Crippen LogP contribution in [0.5, 0.6) is 0 Å². The van der Waals surface area contributed by atoms with Gasteiger partial charge < -0.3 is 15.0 Å². The second-order valence-corrected chi connectivity index (χ2v) is 4.92. The fourth-order valence-corrected chi connectivity index (χ4v) is 1.94. The van der Waals surface area contributed by atoms with Crippen molar-refractivity contribution in [1.29, 1.82) is 0 Å². The molecule has 0 amide bonds. The molecule has 5 heteroatoms. The Balaban J connectivity index is 1.69. The predicted molar refractivity (Wildman–Crippen MR) is 72.9 cm³/mol. The summed E-state index contributed by atoms with van der Waals surface area (Å²) >= 11 is 0. The van der Waals surface area contributed by atoms with E-state index in [0.29, 0.717) is 5.56 Å². The largest absolute Gasteiger partial charge is 0.465 e. The lowest BCUT2D eigenvalue weighted by Crippen LogP contribution is -2.30. The molecule has 0 radical (unpaired) electrons. The molecule has 104 valence electrons. The third kappa shape index (κ3) is 4.29. The van der Waals surface area contributed by atoms with Gasteiger partial charge in [0.2, 0.25) is 0 Å². The zero-order valence-electron chi connectivity index (χ0n) is 11.6. The van der Waals surface area contributed by atoms with Gasteiger partial charge in [0, 0.05) is 31.9 Å². The predicted octanol–water partition coefficient (Wildman–Crippen LogP) is 1.05. The highest BCUT2D eigenvalue weighted by molar-refractivity contribution is 5.88. The van der Waals surface area contributed by atoms with Gasteiger partial charge in [-0.2, -0.15) is 0 Å². The van der Waals surface area contributed by atoms with Crippen LogP contribution in [0.2, 0.25) is 0 Å².